The van der Waals surface area contributed by atoms with Crippen molar-refractivity contribution in [3.8, 4) is 0 Å². The summed E-state index contributed by atoms with van der Waals surface area (Å²) in [5, 5.41) is 0. The van der Waals surface area contributed by atoms with Gasteiger partial charge in [0.2, 0.25) is 0 Å². The van der Waals surface area contributed by atoms with Gasteiger partial charge >= 0.3 is 5.97 Å². The van der Waals surface area contributed by atoms with Crippen molar-refractivity contribution in [3.63, 3.8) is 0 Å². The molecule has 0 radical (unpaired) electrons. The van der Waals surface area contributed by atoms with E-state index in [0.29, 0.717) is 13.0 Å². The average Bonchev–Trinajstić information content (AvgIpc) is 2.39. The zero-order valence-corrected chi connectivity index (χ0v) is 11.9. The van der Waals surface area contributed by atoms with Crippen molar-refractivity contribution in [2.75, 3.05) is 30.8 Å². The molecule has 0 saturated heterocycles. The molecule has 0 unspecified atom stereocenters. The first-order valence-corrected chi connectivity index (χ1v) is 6.86. The van der Waals surface area contributed by atoms with Crippen LogP contribution in [0.2, 0.25) is 0 Å². The van der Waals surface area contributed by atoms with Crippen LogP contribution >= 0.6 is 0 Å². The second kappa shape index (κ2) is 8.40. The van der Waals surface area contributed by atoms with E-state index in [0.717, 1.165) is 37.2 Å². The highest BCUT2D eigenvalue weighted by Gasteiger charge is 2.05. The maximum atomic E-state index is 11.2. The molecule has 0 aliphatic heterocycles. The van der Waals surface area contributed by atoms with E-state index in [9.17, 15) is 4.79 Å². The van der Waals surface area contributed by atoms with Crippen LogP contribution in [0.3, 0.4) is 0 Å². The number of nitrogens with zero attached hydrogens (tertiary/aromatic N) is 1. The van der Waals surface area contributed by atoms with E-state index in [1.165, 1.54) is 0 Å². The van der Waals surface area contributed by atoms with Gasteiger partial charge in [-0.05, 0) is 31.9 Å². The lowest BCUT2D eigenvalue weighted by Crippen LogP contribution is -2.19. The third-order valence-electron chi connectivity index (χ3n) is 3.03. The van der Waals surface area contributed by atoms with Gasteiger partial charge in [-0.1, -0.05) is 18.6 Å². The van der Waals surface area contributed by atoms with Crippen molar-refractivity contribution in [1.82, 2.24) is 0 Å². The largest absolute Gasteiger partial charge is 0.466 e. The van der Waals surface area contributed by atoms with Crippen molar-refractivity contribution in [3.05, 3.63) is 24.3 Å². The molecule has 0 aromatic heterocycles. The quantitative estimate of drug-likeness (QED) is 0.445. The maximum Gasteiger partial charge on any atom is 0.305 e. The number of para-hydroxylation sites is 2. The summed E-state index contributed by atoms with van der Waals surface area (Å²) in [6.07, 6.45) is 3.47. The molecular formula is C15H24N2O2. The molecule has 19 heavy (non-hydrogen) atoms. The number of esters is 1. The summed E-state index contributed by atoms with van der Waals surface area (Å²) in [5.74, 6) is -0.0943. The predicted molar refractivity (Wildman–Crippen MR) is 79.2 cm³/mol. The Kier molecular flexibility index (Phi) is 6.79. The fraction of sp³-hybridized carbons (Fsp3) is 0.533. The fourth-order valence-electron chi connectivity index (χ4n) is 1.98. The van der Waals surface area contributed by atoms with E-state index in [2.05, 4.69) is 4.90 Å². The SMILES string of the molecule is CCOC(=O)CCCCCN(C)c1ccccc1N. The maximum absolute atomic E-state index is 11.2. The van der Waals surface area contributed by atoms with Crippen LogP contribution in [0.4, 0.5) is 11.4 Å². The Morgan fingerprint density at radius 1 is 1.26 bits per heavy atom. The van der Waals surface area contributed by atoms with Crippen LogP contribution < -0.4 is 10.6 Å². The number of nitrogen functional groups attached to an aromatic ring is 1. The van der Waals surface area contributed by atoms with E-state index in [1.807, 2.05) is 38.2 Å². The standard InChI is InChI=1S/C15H24N2O2/c1-3-19-15(18)11-5-4-8-12-17(2)14-10-7-6-9-13(14)16/h6-7,9-10H,3-5,8,11-12,16H2,1-2H3. The molecule has 1 aromatic rings. The molecule has 0 fully saturated rings. The topological polar surface area (TPSA) is 55.6 Å². The fourth-order valence-corrected chi connectivity index (χ4v) is 1.98. The molecule has 0 saturated carbocycles. The molecule has 1 rings (SSSR count). The van der Waals surface area contributed by atoms with Gasteiger partial charge in [0.1, 0.15) is 0 Å². The number of nitrogens with two attached hydrogens (primary N) is 1. The van der Waals surface area contributed by atoms with Crippen LogP contribution in [0.5, 0.6) is 0 Å². The van der Waals surface area contributed by atoms with Crippen molar-refractivity contribution in [2.24, 2.45) is 0 Å². The minimum absolute atomic E-state index is 0.0943. The molecule has 2 N–H and O–H groups in total. The zero-order valence-electron chi connectivity index (χ0n) is 11.9. The van der Waals surface area contributed by atoms with Crippen LogP contribution in [0.25, 0.3) is 0 Å². The molecule has 106 valence electrons. The van der Waals surface area contributed by atoms with Crippen LogP contribution in [-0.2, 0) is 9.53 Å². The van der Waals surface area contributed by atoms with Gasteiger partial charge in [-0.15, -0.1) is 0 Å². The summed E-state index contributed by atoms with van der Waals surface area (Å²) in [6.45, 7) is 3.24. The Labute approximate surface area is 115 Å². The number of hydrogen-bond donors (Lipinski definition) is 1. The van der Waals surface area contributed by atoms with Crippen molar-refractivity contribution < 1.29 is 9.53 Å². The summed E-state index contributed by atoms with van der Waals surface area (Å²) in [7, 11) is 2.04. The van der Waals surface area contributed by atoms with E-state index in [1.54, 1.807) is 0 Å². The summed E-state index contributed by atoms with van der Waals surface area (Å²) in [6, 6.07) is 7.86. The first kappa shape index (κ1) is 15.3. The molecule has 0 amide bonds. The summed E-state index contributed by atoms with van der Waals surface area (Å²) < 4.78 is 4.89. The van der Waals surface area contributed by atoms with E-state index in [-0.39, 0.29) is 5.97 Å². The second-order valence-corrected chi connectivity index (χ2v) is 4.60. The molecule has 0 aliphatic rings. The number of anilines is 2. The summed E-state index contributed by atoms with van der Waals surface area (Å²) in [4.78, 5) is 13.3. The Morgan fingerprint density at radius 3 is 2.68 bits per heavy atom. The minimum Gasteiger partial charge on any atom is -0.466 e. The third kappa shape index (κ3) is 5.64. The van der Waals surface area contributed by atoms with E-state index >= 15 is 0 Å². The van der Waals surface area contributed by atoms with Crippen LogP contribution in [-0.4, -0.2) is 26.2 Å². The van der Waals surface area contributed by atoms with Crippen LogP contribution in [0.15, 0.2) is 24.3 Å². The van der Waals surface area contributed by atoms with Gasteiger partial charge < -0.3 is 15.4 Å². The molecule has 0 bridgehead atoms. The Hall–Kier alpha value is -1.71. The number of hydrogen-bond acceptors (Lipinski definition) is 4. The normalized spacial score (nSPS) is 10.2. The van der Waals surface area contributed by atoms with E-state index < -0.39 is 0 Å². The van der Waals surface area contributed by atoms with Crippen LogP contribution in [0, 0.1) is 0 Å². The lowest BCUT2D eigenvalue weighted by Gasteiger charge is -2.20. The monoisotopic (exact) mass is 264 g/mol. The smallest absolute Gasteiger partial charge is 0.305 e. The number of carbonyl (C=O) groups is 1. The minimum atomic E-state index is -0.0943. The number of carbonyl (C=O) groups excluding carboxylic acids is 1. The number of benzene rings is 1. The highest BCUT2D eigenvalue weighted by Crippen LogP contribution is 2.21. The zero-order chi connectivity index (χ0) is 14.1. The second-order valence-electron chi connectivity index (χ2n) is 4.60. The number of rotatable bonds is 8. The number of unbranched alkanes of at least 4 members (excludes halogenated alkanes) is 2. The average molecular weight is 264 g/mol. The van der Waals surface area contributed by atoms with Gasteiger partial charge in [-0.25, -0.2) is 0 Å². The Morgan fingerprint density at radius 2 is 2.00 bits per heavy atom. The van der Waals surface area contributed by atoms with Crippen molar-refractivity contribution in [1.29, 1.82) is 0 Å². The van der Waals surface area contributed by atoms with Crippen molar-refractivity contribution >= 4 is 17.3 Å². The van der Waals surface area contributed by atoms with Crippen LogP contribution in [0.1, 0.15) is 32.6 Å². The molecule has 4 heteroatoms. The van der Waals surface area contributed by atoms with Gasteiger partial charge in [0.15, 0.2) is 0 Å². The Bertz CT molecular complexity index is 393. The molecular weight excluding hydrogens is 240 g/mol. The molecule has 0 aliphatic carbocycles. The highest BCUT2D eigenvalue weighted by molar-refractivity contribution is 5.69. The number of ether oxygens (including phenoxy) is 1. The third-order valence-corrected chi connectivity index (χ3v) is 3.03. The lowest BCUT2D eigenvalue weighted by atomic mass is 10.2. The van der Waals surface area contributed by atoms with E-state index in [4.69, 9.17) is 10.5 Å². The van der Waals surface area contributed by atoms with Gasteiger partial charge in [0, 0.05) is 20.0 Å². The Balaban J connectivity index is 2.19. The first-order valence-electron chi connectivity index (χ1n) is 6.86. The summed E-state index contributed by atoms with van der Waals surface area (Å²) in [5.41, 5.74) is 7.79. The summed E-state index contributed by atoms with van der Waals surface area (Å²) >= 11 is 0. The molecule has 0 spiro atoms. The van der Waals surface area contributed by atoms with Crippen molar-refractivity contribution in [2.45, 2.75) is 32.6 Å². The first-order chi connectivity index (χ1) is 9.15. The van der Waals surface area contributed by atoms with Gasteiger partial charge in [0.25, 0.3) is 0 Å². The molecule has 4 nitrogen and oxygen atoms in total. The molecule has 0 atom stereocenters. The van der Waals surface area contributed by atoms with Gasteiger partial charge in [-0.3, -0.25) is 4.79 Å². The lowest BCUT2D eigenvalue weighted by molar-refractivity contribution is -0.143. The van der Waals surface area contributed by atoms with Gasteiger partial charge in [-0.2, -0.15) is 0 Å². The predicted octanol–water partition coefficient (Wildman–Crippen LogP) is 2.83. The highest BCUT2D eigenvalue weighted by atomic mass is 16.5. The van der Waals surface area contributed by atoms with Gasteiger partial charge in [0.05, 0.1) is 18.0 Å². The molecule has 1 aromatic carbocycles. The molecule has 0 heterocycles.